The van der Waals surface area contributed by atoms with Crippen molar-refractivity contribution in [2.75, 3.05) is 6.54 Å². The van der Waals surface area contributed by atoms with E-state index in [4.69, 9.17) is 0 Å². The molecule has 1 heterocycles. The van der Waals surface area contributed by atoms with Crippen LogP contribution in [-0.2, 0) is 0 Å². The molecule has 0 atom stereocenters. The van der Waals surface area contributed by atoms with E-state index < -0.39 is 0 Å². The molecule has 1 aliphatic rings. The lowest BCUT2D eigenvalue weighted by molar-refractivity contribution is 0.0947. The van der Waals surface area contributed by atoms with Crippen LogP contribution in [0.1, 0.15) is 23.3 Å². The van der Waals surface area contributed by atoms with Crippen LogP contribution in [0.5, 0.6) is 0 Å². The van der Waals surface area contributed by atoms with Crippen LogP contribution in [0.15, 0.2) is 18.3 Å². The Bertz CT molecular complexity index is 262. The summed E-state index contributed by atoms with van der Waals surface area (Å²) in [6.45, 7) is 0.831. The molecule has 3 nitrogen and oxygen atoms in total. The lowest BCUT2D eigenvalue weighted by atomic mass is 10.3. The maximum absolute atomic E-state index is 11.3. The average Bonchev–Trinajstić information content (AvgIpc) is 2.74. The van der Waals surface area contributed by atoms with Crippen molar-refractivity contribution in [1.29, 1.82) is 0 Å². The number of rotatable bonds is 3. The summed E-state index contributed by atoms with van der Waals surface area (Å²) in [5.74, 6) is 0.746. The molecule has 0 unspecified atom stereocenters. The summed E-state index contributed by atoms with van der Waals surface area (Å²) in [4.78, 5) is 14.2. The molecule has 2 rings (SSSR count). The first-order chi connectivity index (χ1) is 5.86. The van der Waals surface area contributed by atoms with Crippen LogP contribution >= 0.6 is 0 Å². The van der Waals surface area contributed by atoms with Crippen molar-refractivity contribution in [3.8, 4) is 0 Å². The third-order valence-electron chi connectivity index (χ3n) is 2.09. The van der Waals surface area contributed by atoms with Crippen LogP contribution in [0, 0.1) is 5.92 Å². The Morgan fingerprint density at radius 3 is 3.08 bits per heavy atom. The van der Waals surface area contributed by atoms with Gasteiger partial charge in [-0.15, -0.1) is 0 Å². The Balaban J connectivity index is 1.83. The van der Waals surface area contributed by atoms with Crippen molar-refractivity contribution in [1.82, 2.24) is 10.3 Å². The van der Waals surface area contributed by atoms with E-state index in [1.54, 1.807) is 12.3 Å². The number of carbonyl (C=O) groups is 1. The number of nitrogens with one attached hydrogen (secondary N) is 2. The van der Waals surface area contributed by atoms with E-state index in [2.05, 4.69) is 10.3 Å². The fourth-order valence-corrected chi connectivity index (χ4v) is 1.13. The molecule has 0 radical (unpaired) electrons. The van der Waals surface area contributed by atoms with E-state index in [9.17, 15) is 4.79 Å². The van der Waals surface area contributed by atoms with Gasteiger partial charge >= 0.3 is 0 Å². The average molecular weight is 164 g/mol. The number of hydrogen-bond acceptors (Lipinski definition) is 1. The van der Waals surface area contributed by atoms with Crippen LogP contribution in [0.4, 0.5) is 0 Å². The van der Waals surface area contributed by atoms with E-state index >= 15 is 0 Å². The first-order valence-corrected chi connectivity index (χ1v) is 4.28. The third kappa shape index (κ3) is 1.67. The fraction of sp³-hybridized carbons (Fsp3) is 0.444. The van der Waals surface area contributed by atoms with Gasteiger partial charge in [0.05, 0.1) is 0 Å². The van der Waals surface area contributed by atoms with Gasteiger partial charge in [-0.2, -0.15) is 0 Å². The molecule has 12 heavy (non-hydrogen) atoms. The second-order valence-corrected chi connectivity index (χ2v) is 3.24. The number of hydrogen-bond donors (Lipinski definition) is 2. The minimum atomic E-state index is 0.00639. The highest BCUT2D eigenvalue weighted by molar-refractivity contribution is 5.92. The molecule has 64 valence electrons. The van der Waals surface area contributed by atoms with E-state index in [0.29, 0.717) is 5.69 Å². The molecule has 1 aliphatic carbocycles. The largest absolute Gasteiger partial charge is 0.357 e. The number of amides is 1. The Hall–Kier alpha value is -1.25. The van der Waals surface area contributed by atoms with E-state index in [1.165, 1.54) is 12.8 Å². The Kier molecular flexibility index (Phi) is 1.86. The highest BCUT2D eigenvalue weighted by atomic mass is 16.1. The second-order valence-electron chi connectivity index (χ2n) is 3.24. The first kappa shape index (κ1) is 7.40. The number of carbonyl (C=O) groups excluding carboxylic acids is 1. The topological polar surface area (TPSA) is 44.9 Å². The predicted octanol–water partition coefficient (Wildman–Crippen LogP) is 1.15. The molecule has 0 aliphatic heterocycles. The SMILES string of the molecule is O=C(NCC1CC1)c1ccc[nH]1. The van der Waals surface area contributed by atoms with Crippen molar-refractivity contribution in [3.05, 3.63) is 24.0 Å². The molecule has 1 aromatic heterocycles. The highest BCUT2D eigenvalue weighted by Crippen LogP contribution is 2.27. The summed E-state index contributed by atoms with van der Waals surface area (Å²) in [5, 5.41) is 2.88. The monoisotopic (exact) mass is 164 g/mol. The zero-order chi connectivity index (χ0) is 8.39. The Morgan fingerprint density at radius 1 is 1.67 bits per heavy atom. The Morgan fingerprint density at radius 2 is 2.50 bits per heavy atom. The standard InChI is InChI=1S/C9H12N2O/c12-9(8-2-1-5-10-8)11-6-7-3-4-7/h1-2,5,7,10H,3-4,6H2,(H,11,12). The van der Waals surface area contributed by atoms with Gasteiger partial charge in [-0.25, -0.2) is 0 Å². The van der Waals surface area contributed by atoms with Gasteiger partial charge < -0.3 is 10.3 Å². The molecule has 1 amide bonds. The summed E-state index contributed by atoms with van der Waals surface area (Å²) < 4.78 is 0. The molecular formula is C9H12N2O. The lowest BCUT2D eigenvalue weighted by Gasteiger charge is -2.00. The van der Waals surface area contributed by atoms with Crippen molar-refractivity contribution in [2.24, 2.45) is 5.92 Å². The minimum absolute atomic E-state index is 0.00639. The van der Waals surface area contributed by atoms with E-state index in [0.717, 1.165) is 12.5 Å². The number of H-pyrrole nitrogens is 1. The number of aromatic amines is 1. The zero-order valence-corrected chi connectivity index (χ0v) is 6.84. The molecule has 0 aromatic carbocycles. The van der Waals surface area contributed by atoms with Crippen LogP contribution in [0.25, 0.3) is 0 Å². The van der Waals surface area contributed by atoms with E-state index in [-0.39, 0.29) is 5.91 Å². The van der Waals surface area contributed by atoms with Crippen LogP contribution in [-0.4, -0.2) is 17.4 Å². The molecule has 1 aromatic rings. The maximum Gasteiger partial charge on any atom is 0.267 e. The van der Waals surface area contributed by atoms with Crippen LogP contribution in [0.3, 0.4) is 0 Å². The van der Waals surface area contributed by atoms with Gasteiger partial charge in [-0.1, -0.05) is 0 Å². The molecule has 3 heteroatoms. The lowest BCUT2D eigenvalue weighted by Crippen LogP contribution is -2.25. The number of aromatic nitrogens is 1. The van der Waals surface area contributed by atoms with Crippen molar-refractivity contribution in [3.63, 3.8) is 0 Å². The Labute approximate surface area is 71.2 Å². The molecule has 0 spiro atoms. The smallest absolute Gasteiger partial charge is 0.267 e. The van der Waals surface area contributed by atoms with Gasteiger partial charge in [0.2, 0.25) is 0 Å². The van der Waals surface area contributed by atoms with Gasteiger partial charge in [-0.3, -0.25) is 4.79 Å². The van der Waals surface area contributed by atoms with Gasteiger partial charge in [0.25, 0.3) is 5.91 Å². The van der Waals surface area contributed by atoms with Crippen molar-refractivity contribution in [2.45, 2.75) is 12.8 Å². The van der Waals surface area contributed by atoms with Crippen molar-refractivity contribution >= 4 is 5.91 Å². The third-order valence-corrected chi connectivity index (χ3v) is 2.09. The van der Waals surface area contributed by atoms with Gasteiger partial charge in [0.15, 0.2) is 0 Å². The second kappa shape index (κ2) is 3.01. The minimum Gasteiger partial charge on any atom is -0.357 e. The molecule has 1 saturated carbocycles. The molecule has 0 bridgehead atoms. The van der Waals surface area contributed by atoms with Crippen LogP contribution < -0.4 is 5.32 Å². The summed E-state index contributed by atoms with van der Waals surface area (Å²) in [5.41, 5.74) is 0.649. The molecular weight excluding hydrogens is 152 g/mol. The zero-order valence-electron chi connectivity index (χ0n) is 6.84. The quantitative estimate of drug-likeness (QED) is 0.691. The van der Waals surface area contributed by atoms with Gasteiger partial charge in [0.1, 0.15) is 5.69 Å². The maximum atomic E-state index is 11.3. The predicted molar refractivity (Wildman–Crippen MR) is 45.8 cm³/mol. The van der Waals surface area contributed by atoms with Gasteiger partial charge in [-0.05, 0) is 30.9 Å². The van der Waals surface area contributed by atoms with Crippen LogP contribution in [0.2, 0.25) is 0 Å². The molecule has 0 saturated heterocycles. The summed E-state index contributed by atoms with van der Waals surface area (Å²) in [7, 11) is 0. The van der Waals surface area contributed by atoms with Crippen molar-refractivity contribution < 1.29 is 4.79 Å². The highest BCUT2D eigenvalue weighted by Gasteiger charge is 2.21. The van der Waals surface area contributed by atoms with E-state index in [1.807, 2.05) is 6.07 Å². The molecule has 2 N–H and O–H groups in total. The van der Waals surface area contributed by atoms with Gasteiger partial charge in [0, 0.05) is 12.7 Å². The summed E-state index contributed by atoms with van der Waals surface area (Å²) >= 11 is 0. The normalized spacial score (nSPS) is 16.0. The first-order valence-electron chi connectivity index (χ1n) is 4.28. The molecule has 1 fully saturated rings. The fourth-order valence-electron chi connectivity index (χ4n) is 1.13. The summed E-state index contributed by atoms with van der Waals surface area (Å²) in [6, 6.07) is 3.61. The summed E-state index contributed by atoms with van der Waals surface area (Å²) in [6.07, 6.45) is 4.29.